The number of nitrogens with one attached hydrogen (secondary N) is 1. The Balaban J connectivity index is 1.68. The Bertz CT molecular complexity index is 808. The van der Waals surface area contributed by atoms with Gasteiger partial charge in [0, 0.05) is 24.7 Å². The number of hydrogen-bond acceptors (Lipinski definition) is 4. The zero-order valence-corrected chi connectivity index (χ0v) is 14.0. The monoisotopic (exact) mass is 343 g/mol. The second-order valence-corrected chi connectivity index (χ2v) is 5.92. The number of ether oxygens (including phenoxy) is 1. The summed E-state index contributed by atoms with van der Waals surface area (Å²) in [6.07, 6.45) is 1.57. The average molecular weight is 343 g/mol. The number of aromatic nitrogens is 1. The summed E-state index contributed by atoms with van der Waals surface area (Å²) in [5, 5.41) is 2.74. The van der Waals surface area contributed by atoms with Crippen LogP contribution in [0.3, 0.4) is 0 Å². The Morgan fingerprint density at radius 2 is 2.16 bits per heavy atom. The fourth-order valence-electron chi connectivity index (χ4n) is 2.70. The minimum absolute atomic E-state index is 0.0882. The fraction of sp³-hybridized carbons (Fsp3) is 0.278. The number of aryl methyl sites for hydroxylation is 1. The number of nitrogens with zero attached hydrogens (tertiary/aromatic N) is 2. The number of methoxy groups -OCH3 is 1. The minimum Gasteiger partial charge on any atom is -0.481 e. The molecular weight excluding hydrogens is 325 g/mol. The molecule has 3 rings (SSSR count). The number of pyridine rings is 1. The molecule has 1 aliphatic heterocycles. The van der Waals surface area contributed by atoms with Gasteiger partial charge in [-0.25, -0.2) is 9.37 Å². The highest BCUT2D eigenvalue weighted by atomic mass is 19.1. The van der Waals surface area contributed by atoms with E-state index in [9.17, 15) is 14.0 Å². The Morgan fingerprint density at radius 3 is 2.80 bits per heavy atom. The van der Waals surface area contributed by atoms with Crippen molar-refractivity contribution in [3.63, 3.8) is 0 Å². The van der Waals surface area contributed by atoms with Crippen LogP contribution in [0.1, 0.15) is 12.0 Å². The van der Waals surface area contributed by atoms with Gasteiger partial charge in [-0.2, -0.15) is 0 Å². The minimum atomic E-state index is -0.501. The SMILES string of the molecule is COc1ccc(NC(=O)[C@H]2CC(=O)N(c3ccc(C)c(F)c3)C2)cn1. The van der Waals surface area contributed by atoms with Crippen molar-refractivity contribution < 1.29 is 18.7 Å². The molecule has 1 fully saturated rings. The highest BCUT2D eigenvalue weighted by molar-refractivity contribution is 6.03. The first-order valence-corrected chi connectivity index (χ1v) is 7.85. The van der Waals surface area contributed by atoms with Gasteiger partial charge in [0.05, 0.1) is 24.9 Å². The van der Waals surface area contributed by atoms with Crippen molar-refractivity contribution in [3.05, 3.63) is 47.9 Å². The van der Waals surface area contributed by atoms with Crippen LogP contribution < -0.4 is 15.0 Å². The molecule has 2 amide bonds. The van der Waals surface area contributed by atoms with Crippen LogP contribution in [0, 0.1) is 18.7 Å². The lowest BCUT2D eigenvalue weighted by atomic mass is 10.1. The summed E-state index contributed by atoms with van der Waals surface area (Å²) in [6, 6.07) is 7.93. The largest absolute Gasteiger partial charge is 0.481 e. The van der Waals surface area contributed by atoms with E-state index in [-0.39, 0.29) is 30.6 Å². The predicted molar refractivity (Wildman–Crippen MR) is 91.0 cm³/mol. The molecule has 7 heteroatoms. The zero-order valence-electron chi connectivity index (χ0n) is 14.0. The molecule has 1 aliphatic rings. The third kappa shape index (κ3) is 3.60. The third-order valence-electron chi connectivity index (χ3n) is 4.18. The van der Waals surface area contributed by atoms with Gasteiger partial charge < -0.3 is 15.0 Å². The topological polar surface area (TPSA) is 71.5 Å². The molecule has 2 heterocycles. The van der Waals surface area contributed by atoms with Crippen molar-refractivity contribution in [3.8, 4) is 5.88 Å². The molecule has 0 aliphatic carbocycles. The van der Waals surface area contributed by atoms with Crippen molar-refractivity contribution in [1.82, 2.24) is 4.98 Å². The maximum absolute atomic E-state index is 13.7. The van der Waals surface area contributed by atoms with Crippen LogP contribution in [-0.4, -0.2) is 30.5 Å². The van der Waals surface area contributed by atoms with Crippen LogP contribution >= 0.6 is 0 Å². The van der Waals surface area contributed by atoms with E-state index >= 15 is 0 Å². The Labute approximate surface area is 144 Å². The first-order valence-electron chi connectivity index (χ1n) is 7.85. The number of anilines is 2. The van der Waals surface area contributed by atoms with Gasteiger partial charge in [0.15, 0.2) is 0 Å². The quantitative estimate of drug-likeness (QED) is 0.926. The molecule has 0 bridgehead atoms. The molecular formula is C18H18FN3O3. The van der Waals surface area contributed by atoms with Gasteiger partial charge in [-0.1, -0.05) is 6.07 Å². The molecule has 2 aromatic rings. The smallest absolute Gasteiger partial charge is 0.229 e. The van der Waals surface area contributed by atoms with Gasteiger partial charge in [-0.05, 0) is 30.7 Å². The normalized spacial score (nSPS) is 16.8. The van der Waals surface area contributed by atoms with Crippen LogP contribution in [0.5, 0.6) is 5.88 Å². The number of benzene rings is 1. The molecule has 0 unspecified atom stereocenters. The Kier molecular flexibility index (Phi) is 4.65. The third-order valence-corrected chi connectivity index (χ3v) is 4.18. The molecule has 1 atom stereocenters. The summed E-state index contributed by atoms with van der Waals surface area (Å²) < 4.78 is 18.7. The fourth-order valence-corrected chi connectivity index (χ4v) is 2.70. The predicted octanol–water partition coefficient (Wildman–Crippen LogP) is 2.53. The van der Waals surface area contributed by atoms with E-state index in [4.69, 9.17) is 4.74 Å². The zero-order chi connectivity index (χ0) is 18.0. The van der Waals surface area contributed by atoms with E-state index in [0.29, 0.717) is 22.8 Å². The number of rotatable bonds is 4. The van der Waals surface area contributed by atoms with E-state index < -0.39 is 5.92 Å². The summed E-state index contributed by atoms with van der Waals surface area (Å²) in [5.74, 6) is -0.894. The summed E-state index contributed by atoms with van der Waals surface area (Å²) in [4.78, 5) is 30.1. The lowest BCUT2D eigenvalue weighted by Crippen LogP contribution is -2.28. The summed E-state index contributed by atoms with van der Waals surface area (Å²) >= 11 is 0. The number of carbonyl (C=O) groups is 2. The molecule has 25 heavy (non-hydrogen) atoms. The average Bonchev–Trinajstić information content (AvgIpc) is 3.00. The highest BCUT2D eigenvalue weighted by Gasteiger charge is 2.35. The highest BCUT2D eigenvalue weighted by Crippen LogP contribution is 2.27. The Morgan fingerprint density at radius 1 is 1.36 bits per heavy atom. The number of halogens is 1. The van der Waals surface area contributed by atoms with Crippen LogP contribution in [-0.2, 0) is 9.59 Å². The van der Waals surface area contributed by atoms with E-state index in [1.165, 1.54) is 24.3 Å². The molecule has 6 nitrogen and oxygen atoms in total. The van der Waals surface area contributed by atoms with Gasteiger partial charge in [-0.3, -0.25) is 9.59 Å². The maximum atomic E-state index is 13.7. The molecule has 0 saturated carbocycles. The summed E-state index contributed by atoms with van der Waals surface area (Å²) in [5.41, 5.74) is 1.50. The van der Waals surface area contributed by atoms with Crippen LogP contribution in [0.25, 0.3) is 0 Å². The summed E-state index contributed by atoms with van der Waals surface area (Å²) in [6.45, 7) is 1.88. The number of amides is 2. The van der Waals surface area contributed by atoms with E-state index in [1.54, 1.807) is 31.2 Å². The lowest BCUT2D eigenvalue weighted by molar-refractivity contribution is -0.122. The van der Waals surface area contributed by atoms with E-state index in [2.05, 4.69) is 10.3 Å². The number of carbonyl (C=O) groups excluding carboxylic acids is 2. The van der Waals surface area contributed by atoms with E-state index in [1.807, 2.05) is 0 Å². The van der Waals surface area contributed by atoms with E-state index in [0.717, 1.165) is 0 Å². The lowest BCUT2D eigenvalue weighted by Gasteiger charge is -2.17. The molecule has 1 aromatic carbocycles. The van der Waals surface area contributed by atoms with Gasteiger partial charge >= 0.3 is 0 Å². The Hall–Kier alpha value is -2.96. The van der Waals surface area contributed by atoms with Crippen molar-refractivity contribution in [2.75, 3.05) is 23.9 Å². The van der Waals surface area contributed by atoms with Crippen molar-refractivity contribution in [2.45, 2.75) is 13.3 Å². The van der Waals surface area contributed by atoms with Crippen LogP contribution in [0.4, 0.5) is 15.8 Å². The van der Waals surface area contributed by atoms with Crippen molar-refractivity contribution >= 4 is 23.2 Å². The van der Waals surface area contributed by atoms with Crippen molar-refractivity contribution in [1.29, 1.82) is 0 Å². The van der Waals surface area contributed by atoms with Gasteiger partial charge in [0.2, 0.25) is 17.7 Å². The van der Waals surface area contributed by atoms with Gasteiger partial charge in [0.1, 0.15) is 5.82 Å². The van der Waals surface area contributed by atoms with Crippen molar-refractivity contribution in [2.24, 2.45) is 5.92 Å². The second-order valence-electron chi connectivity index (χ2n) is 5.92. The molecule has 130 valence electrons. The second kappa shape index (κ2) is 6.88. The van der Waals surface area contributed by atoms with Gasteiger partial charge in [0.25, 0.3) is 0 Å². The number of hydrogen-bond donors (Lipinski definition) is 1. The molecule has 1 saturated heterocycles. The standard InChI is InChI=1S/C18H18FN3O3/c1-11-3-5-14(8-15(11)19)22-10-12(7-17(22)23)18(24)21-13-4-6-16(25-2)20-9-13/h3-6,8-9,12H,7,10H2,1-2H3,(H,21,24)/t12-/m0/s1. The molecule has 1 N–H and O–H groups in total. The maximum Gasteiger partial charge on any atom is 0.229 e. The van der Waals surface area contributed by atoms with Crippen LogP contribution in [0.2, 0.25) is 0 Å². The molecule has 1 aromatic heterocycles. The van der Waals surface area contributed by atoms with Gasteiger partial charge in [-0.15, -0.1) is 0 Å². The first-order chi connectivity index (χ1) is 12.0. The first kappa shape index (κ1) is 16.9. The van der Waals surface area contributed by atoms with Crippen LogP contribution in [0.15, 0.2) is 36.5 Å². The molecule has 0 spiro atoms. The molecule has 0 radical (unpaired) electrons. The summed E-state index contributed by atoms with van der Waals surface area (Å²) in [7, 11) is 1.51.